The SMILES string of the molecule is c1ccc2c(c1)CN(CCCCC1CC3(CCNCC3)Oc3ccccc31)C2. The molecule has 3 aliphatic rings. The molecule has 1 spiro atoms. The molecule has 148 valence electrons. The maximum Gasteiger partial charge on any atom is 0.123 e. The molecule has 5 rings (SSSR count). The lowest BCUT2D eigenvalue weighted by Gasteiger charge is -2.45. The van der Waals surface area contributed by atoms with E-state index in [2.05, 4.69) is 58.7 Å². The Labute approximate surface area is 169 Å². The number of ether oxygens (including phenoxy) is 1. The lowest BCUT2D eigenvalue weighted by atomic mass is 9.76. The minimum absolute atomic E-state index is 0.0703. The fraction of sp³-hybridized carbons (Fsp3) is 0.520. The molecule has 0 aromatic heterocycles. The number of rotatable bonds is 5. The Bertz CT molecular complexity index is 787. The molecule has 0 amide bonds. The van der Waals surface area contributed by atoms with E-state index in [0.717, 1.165) is 44.8 Å². The van der Waals surface area contributed by atoms with Crippen LogP contribution < -0.4 is 10.1 Å². The lowest BCUT2D eigenvalue weighted by Crippen LogP contribution is -2.49. The molecule has 1 atom stereocenters. The summed E-state index contributed by atoms with van der Waals surface area (Å²) >= 11 is 0. The summed E-state index contributed by atoms with van der Waals surface area (Å²) in [5.41, 5.74) is 4.56. The molecule has 28 heavy (non-hydrogen) atoms. The summed E-state index contributed by atoms with van der Waals surface area (Å²) in [7, 11) is 0. The van der Waals surface area contributed by atoms with E-state index < -0.39 is 0 Å². The highest BCUT2D eigenvalue weighted by Crippen LogP contribution is 2.46. The minimum atomic E-state index is 0.0703. The van der Waals surface area contributed by atoms with Gasteiger partial charge < -0.3 is 10.1 Å². The zero-order valence-electron chi connectivity index (χ0n) is 16.8. The predicted molar refractivity (Wildman–Crippen MR) is 114 cm³/mol. The maximum absolute atomic E-state index is 6.57. The van der Waals surface area contributed by atoms with Crippen LogP contribution in [0.5, 0.6) is 5.75 Å². The molecular weight excluding hydrogens is 344 g/mol. The van der Waals surface area contributed by atoms with Crippen molar-refractivity contribution in [2.24, 2.45) is 0 Å². The predicted octanol–water partition coefficient (Wildman–Crippen LogP) is 4.86. The number of para-hydroxylation sites is 1. The van der Waals surface area contributed by atoms with Gasteiger partial charge in [-0.1, -0.05) is 48.9 Å². The molecule has 2 aromatic rings. The third kappa shape index (κ3) is 3.70. The molecule has 0 radical (unpaired) electrons. The maximum atomic E-state index is 6.57. The Kier molecular flexibility index (Phi) is 5.13. The molecule has 1 saturated heterocycles. The highest BCUT2D eigenvalue weighted by molar-refractivity contribution is 5.39. The Morgan fingerprint density at radius 1 is 0.929 bits per heavy atom. The molecular formula is C25H32N2O. The van der Waals surface area contributed by atoms with Crippen molar-refractivity contribution < 1.29 is 4.74 Å². The van der Waals surface area contributed by atoms with Crippen molar-refractivity contribution in [1.29, 1.82) is 0 Å². The second-order valence-corrected chi connectivity index (χ2v) is 8.95. The van der Waals surface area contributed by atoms with Gasteiger partial charge in [-0.05, 0) is 80.4 Å². The van der Waals surface area contributed by atoms with Crippen LogP contribution in [0.4, 0.5) is 0 Å². The van der Waals surface area contributed by atoms with Gasteiger partial charge in [-0.2, -0.15) is 0 Å². The van der Waals surface area contributed by atoms with Crippen molar-refractivity contribution in [3.8, 4) is 5.75 Å². The van der Waals surface area contributed by atoms with Crippen LogP contribution in [0, 0.1) is 0 Å². The average Bonchev–Trinajstić information content (AvgIpc) is 3.14. The van der Waals surface area contributed by atoms with Gasteiger partial charge in [0.05, 0.1) is 0 Å². The first-order valence-corrected chi connectivity index (χ1v) is 11.1. The first kappa shape index (κ1) is 18.2. The van der Waals surface area contributed by atoms with Gasteiger partial charge >= 0.3 is 0 Å². The van der Waals surface area contributed by atoms with Crippen LogP contribution >= 0.6 is 0 Å². The number of nitrogens with one attached hydrogen (secondary N) is 1. The smallest absolute Gasteiger partial charge is 0.123 e. The highest BCUT2D eigenvalue weighted by Gasteiger charge is 2.41. The molecule has 1 unspecified atom stereocenters. The number of fused-ring (bicyclic) bond motifs is 2. The van der Waals surface area contributed by atoms with E-state index in [1.807, 2.05) is 0 Å². The van der Waals surface area contributed by atoms with Crippen molar-refractivity contribution in [3.63, 3.8) is 0 Å². The van der Waals surface area contributed by atoms with Gasteiger partial charge in [0.15, 0.2) is 0 Å². The van der Waals surface area contributed by atoms with E-state index in [-0.39, 0.29) is 5.60 Å². The van der Waals surface area contributed by atoms with Crippen LogP contribution in [-0.2, 0) is 13.1 Å². The number of hydrogen-bond donors (Lipinski definition) is 1. The molecule has 3 heteroatoms. The zero-order chi connectivity index (χ0) is 18.8. The first-order chi connectivity index (χ1) is 13.8. The molecule has 0 saturated carbocycles. The van der Waals surface area contributed by atoms with Crippen molar-refractivity contribution in [2.75, 3.05) is 19.6 Å². The first-order valence-electron chi connectivity index (χ1n) is 11.1. The van der Waals surface area contributed by atoms with Crippen molar-refractivity contribution in [3.05, 3.63) is 65.2 Å². The number of unbranched alkanes of at least 4 members (excludes halogenated alkanes) is 1. The van der Waals surface area contributed by atoms with Crippen LogP contribution in [0.3, 0.4) is 0 Å². The normalized spacial score (nSPS) is 23.2. The summed E-state index contributed by atoms with van der Waals surface area (Å²) in [6, 6.07) is 17.7. The van der Waals surface area contributed by atoms with Crippen LogP contribution in [-0.4, -0.2) is 30.1 Å². The third-order valence-corrected chi connectivity index (χ3v) is 7.00. The Hall–Kier alpha value is -1.84. The Balaban J connectivity index is 1.18. The fourth-order valence-electron chi connectivity index (χ4n) is 5.48. The van der Waals surface area contributed by atoms with Gasteiger partial charge in [0, 0.05) is 13.1 Å². The largest absolute Gasteiger partial charge is 0.487 e. The summed E-state index contributed by atoms with van der Waals surface area (Å²) in [4.78, 5) is 2.61. The topological polar surface area (TPSA) is 24.5 Å². The van der Waals surface area contributed by atoms with Crippen LogP contribution in [0.2, 0.25) is 0 Å². The van der Waals surface area contributed by atoms with E-state index in [4.69, 9.17) is 4.74 Å². The van der Waals surface area contributed by atoms with Crippen LogP contribution in [0.1, 0.15) is 61.1 Å². The van der Waals surface area contributed by atoms with Gasteiger partial charge in [-0.15, -0.1) is 0 Å². The molecule has 0 aliphatic carbocycles. The third-order valence-electron chi connectivity index (χ3n) is 7.00. The van der Waals surface area contributed by atoms with E-state index in [1.54, 1.807) is 0 Å². The quantitative estimate of drug-likeness (QED) is 0.754. The fourth-order valence-corrected chi connectivity index (χ4v) is 5.48. The lowest BCUT2D eigenvalue weighted by molar-refractivity contribution is 0.00596. The van der Waals surface area contributed by atoms with Gasteiger partial charge in [0.1, 0.15) is 11.4 Å². The Morgan fingerprint density at radius 3 is 2.43 bits per heavy atom. The Morgan fingerprint density at radius 2 is 1.64 bits per heavy atom. The summed E-state index contributed by atoms with van der Waals surface area (Å²) in [5, 5.41) is 3.50. The molecule has 3 aliphatic heterocycles. The average molecular weight is 377 g/mol. The van der Waals surface area contributed by atoms with Gasteiger partial charge in [0.2, 0.25) is 0 Å². The number of piperidine rings is 1. The molecule has 1 N–H and O–H groups in total. The van der Waals surface area contributed by atoms with Crippen LogP contribution in [0.15, 0.2) is 48.5 Å². The second kappa shape index (κ2) is 7.88. The second-order valence-electron chi connectivity index (χ2n) is 8.95. The van der Waals surface area contributed by atoms with E-state index in [9.17, 15) is 0 Å². The van der Waals surface area contributed by atoms with Gasteiger partial charge in [0.25, 0.3) is 0 Å². The zero-order valence-corrected chi connectivity index (χ0v) is 16.8. The van der Waals surface area contributed by atoms with E-state index in [1.165, 1.54) is 48.9 Å². The monoisotopic (exact) mass is 376 g/mol. The summed E-state index contributed by atoms with van der Waals surface area (Å²) in [5.74, 6) is 1.80. The highest BCUT2D eigenvalue weighted by atomic mass is 16.5. The molecule has 3 heterocycles. The number of benzene rings is 2. The van der Waals surface area contributed by atoms with Crippen molar-refractivity contribution >= 4 is 0 Å². The number of nitrogens with zero attached hydrogens (tertiary/aromatic N) is 1. The minimum Gasteiger partial charge on any atom is -0.487 e. The van der Waals surface area contributed by atoms with E-state index in [0.29, 0.717) is 5.92 Å². The number of hydrogen-bond acceptors (Lipinski definition) is 3. The van der Waals surface area contributed by atoms with Crippen molar-refractivity contribution in [1.82, 2.24) is 10.2 Å². The summed E-state index contributed by atoms with van der Waals surface area (Å²) in [6.45, 7) is 5.65. The summed E-state index contributed by atoms with van der Waals surface area (Å²) < 4.78 is 6.57. The molecule has 0 bridgehead atoms. The molecule has 3 nitrogen and oxygen atoms in total. The van der Waals surface area contributed by atoms with Gasteiger partial charge in [-0.25, -0.2) is 0 Å². The standard InChI is InChI=1S/C25H32N2O/c1-2-9-22-19-27(18-21(22)8-1)16-6-5-7-20-17-25(12-14-26-15-13-25)28-24-11-4-3-10-23(20)24/h1-4,8-11,20,26H,5-7,12-19H2. The van der Waals surface area contributed by atoms with E-state index >= 15 is 0 Å². The van der Waals surface area contributed by atoms with Crippen molar-refractivity contribution in [2.45, 2.75) is 63.1 Å². The van der Waals surface area contributed by atoms with Gasteiger partial charge in [-0.3, -0.25) is 4.90 Å². The molecule has 1 fully saturated rings. The molecule has 2 aromatic carbocycles. The van der Waals surface area contributed by atoms with Crippen LogP contribution in [0.25, 0.3) is 0 Å². The summed E-state index contributed by atoms with van der Waals surface area (Å²) in [6.07, 6.45) is 7.37.